The number of nitrogens with one attached hydrogen (secondary N) is 1. The van der Waals surface area contributed by atoms with E-state index in [9.17, 15) is 22.9 Å². The average molecular weight is 345 g/mol. The summed E-state index contributed by atoms with van der Waals surface area (Å²) >= 11 is 0. The first kappa shape index (κ1) is 16.6. The molecule has 128 valence electrons. The molecule has 2 heterocycles. The number of amides is 1. The molecule has 0 aromatic rings. The molecule has 3 fully saturated rings. The maximum absolute atomic E-state index is 12.8. The molecule has 1 aliphatic carbocycles. The van der Waals surface area contributed by atoms with E-state index < -0.39 is 39.6 Å². The Morgan fingerprint density at radius 3 is 2.65 bits per heavy atom. The Morgan fingerprint density at radius 1 is 1.48 bits per heavy atom. The number of sulfonamides is 1. The van der Waals surface area contributed by atoms with Gasteiger partial charge in [-0.1, -0.05) is 0 Å². The summed E-state index contributed by atoms with van der Waals surface area (Å²) in [6.07, 6.45) is 2.55. The monoisotopic (exact) mass is 345 g/mol. The highest BCUT2D eigenvalue weighted by atomic mass is 32.2. The van der Waals surface area contributed by atoms with E-state index in [0.29, 0.717) is 26.0 Å². The fourth-order valence-electron chi connectivity index (χ4n) is 3.78. The van der Waals surface area contributed by atoms with Gasteiger partial charge in [0.25, 0.3) is 5.91 Å². The Kier molecular flexibility index (Phi) is 3.90. The minimum absolute atomic E-state index is 0.341. The minimum atomic E-state index is -4.01. The Labute approximate surface area is 134 Å². The molecule has 3 atom stereocenters. The molecule has 7 nitrogen and oxygen atoms in total. The van der Waals surface area contributed by atoms with E-state index in [1.165, 1.54) is 4.90 Å². The van der Waals surface area contributed by atoms with Crippen LogP contribution in [0.15, 0.2) is 0 Å². The van der Waals surface area contributed by atoms with Crippen LogP contribution in [0.5, 0.6) is 0 Å². The van der Waals surface area contributed by atoms with Crippen LogP contribution in [0, 0.1) is 16.7 Å². The summed E-state index contributed by atoms with van der Waals surface area (Å²) in [5, 5.41) is 9.39. The van der Waals surface area contributed by atoms with Gasteiger partial charge in [0.15, 0.2) is 0 Å². The third-order valence-corrected chi connectivity index (χ3v) is 6.17. The summed E-state index contributed by atoms with van der Waals surface area (Å²) in [6, 6.07) is -0.464. The molecule has 0 aromatic heterocycles. The van der Waals surface area contributed by atoms with Gasteiger partial charge in [-0.25, -0.2) is 17.5 Å². The van der Waals surface area contributed by atoms with E-state index in [0.717, 1.165) is 12.8 Å². The van der Waals surface area contributed by atoms with Crippen LogP contribution in [0.25, 0.3) is 0 Å². The average Bonchev–Trinajstić information content (AvgIpc) is 3.05. The van der Waals surface area contributed by atoms with Crippen LogP contribution < -0.4 is 4.72 Å². The standard InChI is InChI=1S/C14H20FN3O4S/c1-10-11(17-23(20,21)9-15)13(4-5-13)8-18(10)12(19)14(7-16)3-2-6-22-14/h10-11,17H,2-6,8-9H2,1H3/t10-,11+,14?/m0/s1. The van der Waals surface area contributed by atoms with Gasteiger partial charge in [-0.2, -0.15) is 5.26 Å². The highest BCUT2D eigenvalue weighted by Gasteiger charge is 2.62. The van der Waals surface area contributed by atoms with Gasteiger partial charge in [0.1, 0.15) is 6.07 Å². The molecule has 1 unspecified atom stereocenters. The van der Waals surface area contributed by atoms with Gasteiger partial charge in [-0.3, -0.25) is 4.79 Å². The molecule has 1 spiro atoms. The smallest absolute Gasteiger partial charge is 0.270 e. The number of halogens is 1. The first-order chi connectivity index (χ1) is 10.8. The number of alkyl halides is 1. The van der Waals surface area contributed by atoms with Crippen molar-refractivity contribution < 1.29 is 22.3 Å². The van der Waals surface area contributed by atoms with Crippen molar-refractivity contribution in [3.8, 4) is 6.07 Å². The highest BCUT2D eigenvalue weighted by molar-refractivity contribution is 7.89. The molecule has 0 aromatic carbocycles. The van der Waals surface area contributed by atoms with Crippen LogP contribution in [0.4, 0.5) is 4.39 Å². The zero-order valence-electron chi connectivity index (χ0n) is 12.9. The number of rotatable bonds is 4. The summed E-state index contributed by atoms with van der Waals surface area (Å²) < 4.78 is 43.7. The second-order valence-electron chi connectivity index (χ2n) is 6.75. The molecule has 1 N–H and O–H groups in total. The topological polar surface area (TPSA) is 99.5 Å². The Hall–Kier alpha value is -1.24. The number of hydrogen-bond donors (Lipinski definition) is 1. The van der Waals surface area contributed by atoms with Crippen LogP contribution in [-0.4, -0.2) is 56.1 Å². The molecular formula is C14H20FN3O4S. The van der Waals surface area contributed by atoms with Crippen molar-refractivity contribution in [1.82, 2.24) is 9.62 Å². The Bertz CT molecular complexity index is 649. The lowest BCUT2D eigenvalue weighted by Crippen LogP contribution is -2.52. The van der Waals surface area contributed by atoms with E-state index in [4.69, 9.17) is 4.74 Å². The number of nitriles is 1. The molecule has 3 aliphatic rings. The number of ether oxygens (including phenoxy) is 1. The second kappa shape index (κ2) is 5.40. The molecule has 23 heavy (non-hydrogen) atoms. The fourth-order valence-corrected chi connectivity index (χ4v) is 4.68. The molecule has 3 rings (SSSR count). The quantitative estimate of drug-likeness (QED) is 0.789. The summed E-state index contributed by atoms with van der Waals surface area (Å²) in [7, 11) is -4.01. The van der Waals surface area contributed by atoms with E-state index >= 15 is 0 Å². The van der Waals surface area contributed by atoms with Crippen molar-refractivity contribution in [1.29, 1.82) is 5.26 Å². The number of hydrogen-bond acceptors (Lipinski definition) is 5. The Balaban J connectivity index is 1.83. The molecule has 1 amide bonds. The van der Waals surface area contributed by atoms with Gasteiger partial charge in [0.2, 0.25) is 21.6 Å². The number of carbonyl (C=O) groups excluding carboxylic acids is 1. The van der Waals surface area contributed by atoms with Gasteiger partial charge in [-0.15, -0.1) is 0 Å². The first-order valence-corrected chi connectivity index (χ1v) is 9.37. The van der Waals surface area contributed by atoms with Crippen LogP contribution in [-0.2, 0) is 19.6 Å². The molecule has 2 aliphatic heterocycles. The van der Waals surface area contributed by atoms with Gasteiger partial charge in [-0.05, 0) is 26.2 Å². The van der Waals surface area contributed by atoms with E-state index in [-0.39, 0.29) is 5.41 Å². The number of carbonyl (C=O) groups is 1. The Morgan fingerprint density at radius 2 is 2.17 bits per heavy atom. The van der Waals surface area contributed by atoms with Gasteiger partial charge in [0.05, 0.1) is 0 Å². The predicted molar refractivity (Wildman–Crippen MR) is 78.2 cm³/mol. The maximum Gasteiger partial charge on any atom is 0.270 e. The summed E-state index contributed by atoms with van der Waals surface area (Å²) in [6.45, 7) is 2.47. The largest absolute Gasteiger partial charge is 0.352 e. The lowest BCUT2D eigenvalue weighted by molar-refractivity contribution is -0.147. The first-order valence-electron chi connectivity index (χ1n) is 7.71. The van der Waals surface area contributed by atoms with Crippen molar-refractivity contribution in [2.24, 2.45) is 5.41 Å². The molecule has 9 heteroatoms. The van der Waals surface area contributed by atoms with Crippen LogP contribution in [0.1, 0.15) is 32.6 Å². The van der Waals surface area contributed by atoms with Crippen molar-refractivity contribution in [3.63, 3.8) is 0 Å². The number of nitrogens with zero attached hydrogens (tertiary/aromatic N) is 2. The normalized spacial score (nSPS) is 35.4. The molecule has 0 radical (unpaired) electrons. The van der Waals surface area contributed by atoms with Crippen LogP contribution in [0.2, 0.25) is 0 Å². The summed E-state index contributed by atoms with van der Waals surface area (Å²) in [5.74, 6) is -0.404. The lowest BCUT2D eigenvalue weighted by Gasteiger charge is -2.30. The zero-order valence-corrected chi connectivity index (χ0v) is 13.7. The second-order valence-corrected chi connectivity index (χ2v) is 8.43. The van der Waals surface area contributed by atoms with Gasteiger partial charge in [0, 0.05) is 37.1 Å². The zero-order chi connectivity index (χ0) is 16.9. The molecule has 0 bridgehead atoms. The lowest BCUT2D eigenvalue weighted by atomic mass is 9.98. The third kappa shape index (κ3) is 2.62. The van der Waals surface area contributed by atoms with Gasteiger partial charge < -0.3 is 9.64 Å². The fraction of sp³-hybridized carbons (Fsp3) is 0.857. The van der Waals surface area contributed by atoms with E-state index in [1.54, 1.807) is 6.92 Å². The van der Waals surface area contributed by atoms with Crippen molar-refractivity contribution in [2.75, 3.05) is 19.2 Å². The van der Waals surface area contributed by atoms with Crippen molar-refractivity contribution in [3.05, 3.63) is 0 Å². The van der Waals surface area contributed by atoms with Crippen molar-refractivity contribution in [2.45, 2.75) is 50.3 Å². The van der Waals surface area contributed by atoms with Crippen LogP contribution in [0.3, 0.4) is 0 Å². The minimum Gasteiger partial charge on any atom is -0.352 e. The number of likely N-dealkylation sites (tertiary alicyclic amines) is 1. The van der Waals surface area contributed by atoms with E-state index in [1.807, 2.05) is 6.07 Å². The molecule has 2 saturated heterocycles. The third-order valence-electron chi connectivity index (χ3n) is 5.27. The summed E-state index contributed by atoms with van der Waals surface area (Å²) in [5.41, 5.74) is -1.80. The molecular weight excluding hydrogens is 325 g/mol. The molecule has 1 saturated carbocycles. The van der Waals surface area contributed by atoms with Crippen LogP contribution >= 0.6 is 0 Å². The SMILES string of the molecule is C[C@H]1[C@@H](NS(=O)(=O)CF)C2(CC2)CN1C(=O)C1(C#N)CCCO1. The van der Waals surface area contributed by atoms with Gasteiger partial charge >= 0.3 is 0 Å². The maximum atomic E-state index is 12.8. The highest BCUT2D eigenvalue weighted by Crippen LogP contribution is 2.55. The summed E-state index contributed by atoms with van der Waals surface area (Å²) in [4.78, 5) is 14.4. The van der Waals surface area contributed by atoms with E-state index in [2.05, 4.69) is 4.72 Å². The van der Waals surface area contributed by atoms with Crippen molar-refractivity contribution >= 4 is 15.9 Å². The predicted octanol–water partition coefficient (Wildman–Crippen LogP) is 0.285.